The highest BCUT2D eigenvalue weighted by molar-refractivity contribution is 6.30. The summed E-state index contributed by atoms with van der Waals surface area (Å²) < 4.78 is 15.7. The van der Waals surface area contributed by atoms with Gasteiger partial charge in [0.05, 0.1) is 5.56 Å². The van der Waals surface area contributed by atoms with Crippen molar-refractivity contribution in [3.05, 3.63) is 16.7 Å². The van der Waals surface area contributed by atoms with Gasteiger partial charge in [0.25, 0.3) is 0 Å². The summed E-state index contributed by atoms with van der Waals surface area (Å²) in [5.74, 6) is -0.392. The van der Waals surface area contributed by atoms with Gasteiger partial charge in [-0.1, -0.05) is 77.3 Å². The molecule has 0 N–H and O–H groups in total. The first-order valence-corrected chi connectivity index (χ1v) is 8.72. The van der Waals surface area contributed by atoms with E-state index in [-0.39, 0.29) is 5.41 Å². The molecule has 2 nitrogen and oxygen atoms in total. The summed E-state index contributed by atoms with van der Waals surface area (Å²) in [4.78, 5) is 0. The van der Waals surface area contributed by atoms with E-state index in [4.69, 9.17) is 11.6 Å². The molecule has 1 aromatic rings. The Morgan fingerprint density at radius 1 is 1.05 bits per heavy atom. The molecule has 0 aliphatic rings. The molecular formula is C17H30ClFN2. The smallest absolute Gasteiger partial charge is 0.237 e. The normalized spacial score (nSPS) is 14.4. The highest BCUT2D eigenvalue weighted by Gasteiger charge is 2.34. The zero-order valence-corrected chi connectivity index (χ0v) is 14.8. The van der Waals surface area contributed by atoms with Crippen LogP contribution in [0.3, 0.4) is 0 Å². The molecule has 1 atom stereocenters. The minimum Gasteiger partial charge on any atom is -0.254 e. The molecule has 21 heavy (non-hydrogen) atoms. The Bertz CT molecular complexity index is 431. The number of unbranched alkanes of at least 4 members (excludes halogenated alkanes) is 5. The number of aryl methyl sites for hydroxylation is 1. The number of rotatable bonds is 10. The standard InChI is InChI=1S/C17H30ClFN2/c1-5-7-9-11-13-17(3,12-10-8-6-2)14-15(18)21(4)20-16(14)19/h5-13H2,1-4H3. The molecule has 0 aromatic carbocycles. The monoisotopic (exact) mass is 316 g/mol. The van der Waals surface area contributed by atoms with E-state index in [2.05, 4.69) is 25.9 Å². The van der Waals surface area contributed by atoms with Crippen molar-refractivity contribution in [1.29, 1.82) is 0 Å². The molecule has 122 valence electrons. The molecule has 0 radical (unpaired) electrons. The van der Waals surface area contributed by atoms with E-state index in [1.165, 1.54) is 36.8 Å². The predicted octanol–water partition coefficient (Wildman–Crippen LogP) is 6.02. The van der Waals surface area contributed by atoms with E-state index in [0.717, 1.165) is 25.7 Å². The number of halogens is 2. The summed E-state index contributed by atoms with van der Waals surface area (Å²) in [6, 6.07) is 0. The van der Waals surface area contributed by atoms with Gasteiger partial charge < -0.3 is 0 Å². The van der Waals surface area contributed by atoms with Gasteiger partial charge in [-0.05, 0) is 12.8 Å². The lowest BCUT2D eigenvalue weighted by molar-refractivity contribution is 0.351. The van der Waals surface area contributed by atoms with Crippen molar-refractivity contribution >= 4 is 11.6 Å². The van der Waals surface area contributed by atoms with E-state index in [0.29, 0.717) is 10.7 Å². The van der Waals surface area contributed by atoms with Gasteiger partial charge in [-0.15, -0.1) is 5.10 Å². The molecule has 0 fully saturated rings. The van der Waals surface area contributed by atoms with Crippen LogP contribution in [0.25, 0.3) is 0 Å². The molecule has 0 bridgehead atoms. The zero-order chi connectivity index (χ0) is 15.9. The van der Waals surface area contributed by atoms with Crippen molar-refractivity contribution < 1.29 is 4.39 Å². The maximum Gasteiger partial charge on any atom is 0.237 e. The lowest BCUT2D eigenvalue weighted by atomic mass is 9.75. The second-order valence-electron chi connectivity index (χ2n) is 6.41. The van der Waals surface area contributed by atoms with Crippen molar-refractivity contribution in [2.24, 2.45) is 7.05 Å². The average molecular weight is 317 g/mol. The average Bonchev–Trinajstić information content (AvgIpc) is 2.69. The first-order valence-electron chi connectivity index (χ1n) is 8.34. The Morgan fingerprint density at radius 3 is 2.05 bits per heavy atom. The number of hydrogen-bond donors (Lipinski definition) is 0. The minimum absolute atomic E-state index is 0.196. The molecule has 0 aliphatic heterocycles. The molecule has 4 heteroatoms. The van der Waals surface area contributed by atoms with E-state index in [1.54, 1.807) is 7.05 Å². The van der Waals surface area contributed by atoms with E-state index in [1.807, 2.05) is 0 Å². The second-order valence-corrected chi connectivity index (χ2v) is 6.77. The molecule has 1 heterocycles. The number of hydrogen-bond acceptors (Lipinski definition) is 1. The highest BCUT2D eigenvalue weighted by atomic mass is 35.5. The van der Waals surface area contributed by atoms with Crippen molar-refractivity contribution in [2.75, 3.05) is 0 Å². The van der Waals surface area contributed by atoms with Crippen LogP contribution >= 0.6 is 11.6 Å². The Labute approximate surface area is 134 Å². The van der Waals surface area contributed by atoms with Gasteiger partial charge in [0.2, 0.25) is 5.95 Å². The van der Waals surface area contributed by atoms with Crippen LogP contribution < -0.4 is 0 Å². The van der Waals surface area contributed by atoms with Crippen LogP contribution in [-0.2, 0) is 12.5 Å². The van der Waals surface area contributed by atoms with Crippen molar-refractivity contribution in [3.63, 3.8) is 0 Å². The molecule has 0 spiro atoms. The molecule has 0 saturated carbocycles. The summed E-state index contributed by atoms with van der Waals surface area (Å²) in [6.07, 6.45) is 10.2. The third-order valence-corrected chi connectivity index (χ3v) is 4.89. The second kappa shape index (κ2) is 8.77. The van der Waals surface area contributed by atoms with Crippen LogP contribution in [0.5, 0.6) is 0 Å². The third-order valence-electron chi connectivity index (χ3n) is 4.45. The van der Waals surface area contributed by atoms with Crippen LogP contribution in [0.15, 0.2) is 0 Å². The van der Waals surface area contributed by atoms with Gasteiger partial charge in [0.15, 0.2) is 0 Å². The topological polar surface area (TPSA) is 17.8 Å². The highest BCUT2D eigenvalue weighted by Crippen LogP contribution is 2.40. The van der Waals surface area contributed by atoms with Crippen molar-refractivity contribution in [1.82, 2.24) is 9.78 Å². The fourth-order valence-corrected chi connectivity index (χ4v) is 3.40. The molecule has 1 aromatic heterocycles. The maximum atomic E-state index is 14.2. The van der Waals surface area contributed by atoms with Crippen LogP contribution in [0.2, 0.25) is 5.15 Å². The number of aromatic nitrogens is 2. The van der Waals surface area contributed by atoms with Gasteiger partial charge in [-0.2, -0.15) is 4.39 Å². The summed E-state index contributed by atoms with van der Waals surface area (Å²) in [6.45, 7) is 6.55. The fraction of sp³-hybridized carbons (Fsp3) is 0.824. The Balaban J connectivity index is 2.88. The van der Waals surface area contributed by atoms with Gasteiger partial charge in [0, 0.05) is 12.5 Å². The van der Waals surface area contributed by atoms with Crippen LogP contribution in [0, 0.1) is 5.95 Å². The van der Waals surface area contributed by atoms with Crippen molar-refractivity contribution in [3.8, 4) is 0 Å². The van der Waals surface area contributed by atoms with Crippen LogP contribution in [-0.4, -0.2) is 9.78 Å². The Hall–Kier alpha value is -0.570. The maximum absolute atomic E-state index is 14.2. The van der Waals surface area contributed by atoms with Gasteiger partial charge in [0.1, 0.15) is 5.15 Å². The quantitative estimate of drug-likeness (QED) is 0.482. The molecular weight excluding hydrogens is 287 g/mol. The van der Waals surface area contributed by atoms with Gasteiger partial charge in [-0.3, -0.25) is 4.68 Å². The van der Waals surface area contributed by atoms with Crippen LogP contribution in [0.1, 0.15) is 84.1 Å². The number of nitrogens with zero attached hydrogens (tertiary/aromatic N) is 2. The Kier molecular flexibility index (Phi) is 7.72. The summed E-state index contributed by atoms with van der Waals surface area (Å²) in [7, 11) is 1.71. The largest absolute Gasteiger partial charge is 0.254 e. The predicted molar refractivity (Wildman–Crippen MR) is 88.4 cm³/mol. The first-order chi connectivity index (χ1) is 9.96. The van der Waals surface area contributed by atoms with E-state index >= 15 is 0 Å². The summed E-state index contributed by atoms with van der Waals surface area (Å²) >= 11 is 6.31. The summed E-state index contributed by atoms with van der Waals surface area (Å²) in [5.41, 5.74) is 0.428. The minimum atomic E-state index is -0.392. The lowest BCUT2D eigenvalue weighted by Crippen LogP contribution is -2.23. The first kappa shape index (κ1) is 18.5. The third kappa shape index (κ3) is 4.98. The Morgan fingerprint density at radius 2 is 1.57 bits per heavy atom. The van der Waals surface area contributed by atoms with E-state index in [9.17, 15) is 4.39 Å². The zero-order valence-electron chi connectivity index (χ0n) is 14.0. The van der Waals surface area contributed by atoms with Gasteiger partial charge >= 0.3 is 0 Å². The van der Waals surface area contributed by atoms with E-state index < -0.39 is 5.95 Å². The molecule has 1 rings (SSSR count). The van der Waals surface area contributed by atoms with Gasteiger partial charge in [-0.25, -0.2) is 0 Å². The fourth-order valence-electron chi connectivity index (χ4n) is 3.05. The molecule has 0 saturated heterocycles. The summed E-state index contributed by atoms with van der Waals surface area (Å²) in [5, 5.41) is 4.33. The van der Waals surface area contributed by atoms with Crippen molar-refractivity contribution in [2.45, 2.75) is 84.0 Å². The molecule has 0 aliphatic carbocycles. The van der Waals surface area contributed by atoms with Crippen LogP contribution in [0.4, 0.5) is 4.39 Å². The molecule has 1 unspecified atom stereocenters. The molecule has 0 amide bonds. The lowest BCUT2D eigenvalue weighted by Gasteiger charge is -2.29. The SMILES string of the molecule is CCCCCCC(C)(CCCCC)c1c(F)nn(C)c1Cl.